The van der Waals surface area contributed by atoms with Gasteiger partial charge in [-0.05, 0) is 0 Å². The molecule has 7 nitrogen and oxygen atoms in total. The van der Waals surface area contributed by atoms with E-state index in [9.17, 15) is 18.0 Å². The third-order valence-corrected chi connectivity index (χ3v) is 2.85. The highest BCUT2D eigenvalue weighted by Gasteiger charge is 2.14. The molecule has 15 heavy (non-hydrogen) atoms. The van der Waals surface area contributed by atoms with Crippen LogP contribution in [0, 0.1) is 0 Å². The Balaban J connectivity index is 3.90. The molecule has 0 aromatic carbocycles. The number of carboxylic acid groups (broad SMARTS) is 1. The highest BCUT2D eigenvalue weighted by molar-refractivity contribution is 7.88. The molecule has 0 spiro atoms. The van der Waals surface area contributed by atoms with Gasteiger partial charge in [0.1, 0.15) is 0 Å². The number of sulfonamides is 1. The van der Waals surface area contributed by atoms with Gasteiger partial charge < -0.3 is 10.4 Å². The number of hydrogen-bond acceptors (Lipinski definition) is 4. The van der Waals surface area contributed by atoms with Crippen LogP contribution in [0.3, 0.4) is 0 Å². The van der Waals surface area contributed by atoms with Gasteiger partial charge in [-0.15, -0.1) is 0 Å². The summed E-state index contributed by atoms with van der Waals surface area (Å²) in [4.78, 5) is 21.2. The van der Waals surface area contributed by atoms with Crippen molar-refractivity contribution in [2.24, 2.45) is 0 Å². The van der Waals surface area contributed by atoms with E-state index in [2.05, 4.69) is 5.32 Å². The van der Waals surface area contributed by atoms with Crippen molar-refractivity contribution in [1.29, 1.82) is 0 Å². The molecule has 0 radical (unpaired) electrons. The molecule has 0 fully saturated rings. The Bertz CT molecular complexity index is 337. The van der Waals surface area contributed by atoms with Gasteiger partial charge in [-0.25, -0.2) is 8.42 Å². The molecule has 0 saturated carbocycles. The molecule has 0 atom stereocenters. The molecule has 0 aromatic heterocycles. The predicted molar refractivity (Wildman–Crippen MR) is 52.7 cm³/mol. The van der Waals surface area contributed by atoms with Crippen LogP contribution in [-0.2, 0) is 19.6 Å². The van der Waals surface area contributed by atoms with Gasteiger partial charge in [-0.3, -0.25) is 9.59 Å². The van der Waals surface area contributed by atoms with Crippen molar-refractivity contribution < 1.29 is 23.1 Å². The minimum Gasteiger partial charge on any atom is -0.481 e. The molecule has 88 valence electrons. The molecule has 0 heterocycles. The van der Waals surface area contributed by atoms with Crippen LogP contribution in [0.4, 0.5) is 0 Å². The first kappa shape index (κ1) is 13.8. The topological polar surface area (TPSA) is 104 Å². The fourth-order valence-electron chi connectivity index (χ4n) is 0.684. The zero-order valence-corrected chi connectivity index (χ0v) is 9.37. The fourth-order valence-corrected chi connectivity index (χ4v) is 1.04. The first-order chi connectivity index (χ1) is 6.73. The summed E-state index contributed by atoms with van der Waals surface area (Å²) >= 11 is 0. The number of carboxylic acids is 1. The summed E-state index contributed by atoms with van der Waals surface area (Å²) in [6, 6.07) is 0. The van der Waals surface area contributed by atoms with Crippen LogP contribution >= 0.6 is 0 Å². The average Bonchev–Trinajstić information content (AvgIpc) is 2.01. The molecule has 1 amide bonds. The molecule has 0 aliphatic carbocycles. The number of carbonyl (C=O) groups is 2. The second-order valence-corrected chi connectivity index (χ2v) is 5.10. The van der Waals surface area contributed by atoms with E-state index >= 15 is 0 Å². The number of likely N-dealkylation sites (N-methyl/N-ethyl adjacent to an activating group) is 1. The summed E-state index contributed by atoms with van der Waals surface area (Å²) in [7, 11) is -2.11. The molecule has 2 N–H and O–H groups in total. The minimum atomic E-state index is -3.38. The van der Waals surface area contributed by atoms with Gasteiger partial charge in [0.15, 0.2) is 0 Å². The molecule has 0 rings (SSSR count). The molecular weight excluding hydrogens is 224 g/mol. The van der Waals surface area contributed by atoms with Crippen molar-refractivity contribution in [3.05, 3.63) is 0 Å². The Kier molecular flexibility index (Phi) is 5.23. The molecule has 8 heteroatoms. The minimum absolute atomic E-state index is 0.00817. The van der Waals surface area contributed by atoms with E-state index in [0.29, 0.717) is 0 Å². The highest BCUT2D eigenvalue weighted by atomic mass is 32.2. The Morgan fingerprint density at radius 2 is 1.93 bits per heavy atom. The van der Waals surface area contributed by atoms with Crippen LogP contribution in [0.2, 0.25) is 0 Å². The highest BCUT2D eigenvalue weighted by Crippen LogP contribution is 1.91. The SMILES string of the molecule is CN(CC(=O)NCCC(=O)O)S(C)(=O)=O. The predicted octanol–water partition coefficient (Wildman–Crippen LogP) is -1.53. The van der Waals surface area contributed by atoms with Gasteiger partial charge in [0.25, 0.3) is 0 Å². The number of carbonyl (C=O) groups excluding carboxylic acids is 1. The van der Waals surface area contributed by atoms with Crippen LogP contribution in [0.1, 0.15) is 6.42 Å². The Labute approximate surface area is 88.1 Å². The van der Waals surface area contributed by atoms with Crippen LogP contribution < -0.4 is 5.32 Å². The van der Waals surface area contributed by atoms with Crippen LogP contribution in [0.15, 0.2) is 0 Å². The molecular formula is C7H14N2O5S. The van der Waals surface area contributed by atoms with E-state index in [4.69, 9.17) is 5.11 Å². The van der Waals surface area contributed by atoms with E-state index in [1.165, 1.54) is 7.05 Å². The molecule has 0 bridgehead atoms. The standard InChI is InChI=1S/C7H14N2O5S/c1-9(15(2,13)14)5-6(10)8-4-3-7(11)12/h3-5H2,1-2H3,(H,8,10)(H,11,12). The lowest BCUT2D eigenvalue weighted by Crippen LogP contribution is -2.38. The molecule has 0 aromatic rings. The lowest BCUT2D eigenvalue weighted by Gasteiger charge is -2.13. The van der Waals surface area contributed by atoms with Gasteiger partial charge in [0, 0.05) is 13.6 Å². The van der Waals surface area contributed by atoms with Crippen molar-refractivity contribution in [3.8, 4) is 0 Å². The lowest BCUT2D eigenvalue weighted by molar-refractivity contribution is -0.136. The van der Waals surface area contributed by atoms with Crippen LogP contribution in [0.25, 0.3) is 0 Å². The smallest absolute Gasteiger partial charge is 0.305 e. The molecule has 0 unspecified atom stereocenters. The normalized spacial score (nSPS) is 11.4. The second-order valence-electron chi connectivity index (χ2n) is 3.01. The average molecular weight is 238 g/mol. The maximum absolute atomic E-state index is 11.1. The van der Waals surface area contributed by atoms with E-state index in [-0.39, 0.29) is 19.5 Å². The van der Waals surface area contributed by atoms with Crippen LogP contribution in [-0.4, -0.2) is 56.1 Å². The summed E-state index contributed by atoms with van der Waals surface area (Å²) < 4.78 is 22.7. The van der Waals surface area contributed by atoms with Gasteiger partial charge >= 0.3 is 5.97 Å². The zero-order chi connectivity index (χ0) is 12.1. The van der Waals surface area contributed by atoms with Crippen molar-refractivity contribution in [2.75, 3.05) is 26.4 Å². The Hall–Kier alpha value is -1.15. The van der Waals surface area contributed by atoms with E-state index in [0.717, 1.165) is 10.6 Å². The van der Waals surface area contributed by atoms with E-state index in [1.54, 1.807) is 0 Å². The molecule has 0 aliphatic heterocycles. The number of rotatable bonds is 6. The number of hydrogen-bond donors (Lipinski definition) is 2. The number of amides is 1. The summed E-state index contributed by atoms with van der Waals surface area (Å²) in [5.74, 6) is -1.55. The molecule has 0 saturated heterocycles. The van der Waals surface area contributed by atoms with Crippen molar-refractivity contribution >= 4 is 21.9 Å². The quantitative estimate of drug-likeness (QED) is 0.584. The number of nitrogens with zero attached hydrogens (tertiary/aromatic N) is 1. The Morgan fingerprint density at radius 3 is 2.33 bits per heavy atom. The van der Waals surface area contributed by atoms with Gasteiger partial charge in [0.05, 0.1) is 19.2 Å². The zero-order valence-electron chi connectivity index (χ0n) is 8.56. The molecule has 0 aliphatic rings. The van der Waals surface area contributed by atoms with Gasteiger partial charge in [0.2, 0.25) is 15.9 Å². The number of aliphatic carboxylic acids is 1. The third-order valence-electron chi connectivity index (χ3n) is 1.59. The number of nitrogens with one attached hydrogen (secondary N) is 1. The van der Waals surface area contributed by atoms with Gasteiger partial charge in [-0.1, -0.05) is 0 Å². The summed E-state index contributed by atoms with van der Waals surface area (Å²) in [5.41, 5.74) is 0. The van der Waals surface area contributed by atoms with Crippen LogP contribution in [0.5, 0.6) is 0 Å². The van der Waals surface area contributed by atoms with E-state index in [1.807, 2.05) is 0 Å². The second kappa shape index (κ2) is 5.66. The monoisotopic (exact) mass is 238 g/mol. The summed E-state index contributed by atoms with van der Waals surface area (Å²) in [6.45, 7) is -0.315. The Morgan fingerprint density at radius 1 is 1.40 bits per heavy atom. The first-order valence-electron chi connectivity index (χ1n) is 4.13. The fraction of sp³-hybridized carbons (Fsp3) is 0.714. The summed E-state index contributed by atoms with van der Waals surface area (Å²) in [5, 5.41) is 10.6. The third kappa shape index (κ3) is 6.86. The first-order valence-corrected chi connectivity index (χ1v) is 5.98. The maximum Gasteiger partial charge on any atom is 0.305 e. The van der Waals surface area contributed by atoms with Crippen molar-refractivity contribution in [2.45, 2.75) is 6.42 Å². The maximum atomic E-state index is 11.1. The summed E-state index contributed by atoms with van der Waals surface area (Å²) in [6.07, 6.45) is 0.797. The van der Waals surface area contributed by atoms with Crippen molar-refractivity contribution in [3.63, 3.8) is 0 Å². The largest absolute Gasteiger partial charge is 0.481 e. The van der Waals surface area contributed by atoms with E-state index < -0.39 is 21.9 Å². The van der Waals surface area contributed by atoms with Gasteiger partial charge in [-0.2, -0.15) is 4.31 Å². The van der Waals surface area contributed by atoms with Crippen molar-refractivity contribution in [1.82, 2.24) is 9.62 Å². The lowest BCUT2D eigenvalue weighted by atomic mass is 10.4.